The van der Waals surface area contributed by atoms with Gasteiger partial charge in [-0.3, -0.25) is 24.2 Å². The van der Waals surface area contributed by atoms with E-state index in [1.807, 2.05) is 32.7 Å². The van der Waals surface area contributed by atoms with E-state index < -0.39 is 58.0 Å². The van der Waals surface area contributed by atoms with Crippen LogP contribution in [0.15, 0.2) is 23.0 Å². The molecule has 1 aromatic carbocycles. The minimum Gasteiger partial charge on any atom is -0.508 e. The highest BCUT2D eigenvalue weighted by Crippen LogP contribution is 2.53. The van der Waals surface area contributed by atoms with Gasteiger partial charge in [0.25, 0.3) is 5.91 Å². The number of nitrogens with zero attached hydrogens (tertiary/aromatic N) is 3. The Hall–Kier alpha value is -3.72. The van der Waals surface area contributed by atoms with Crippen molar-refractivity contribution in [3.05, 3.63) is 45.2 Å². The van der Waals surface area contributed by atoms with Gasteiger partial charge >= 0.3 is 0 Å². The monoisotopic (exact) mass is 538 g/mol. The molecule has 3 aliphatic rings. The first-order valence-electron chi connectivity index (χ1n) is 12.6. The van der Waals surface area contributed by atoms with Gasteiger partial charge in [-0.25, -0.2) is 0 Å². The first kappa shape index (κ1) is 28.3. The van der Waals surface area contributed by atoms with E-state index in [0.717, 1.165) is 0 Å². The van der Waals surface area contributed by atoms with Gasteiger partial charge in [-0.2, -0.15) is 5.26 Å². The number of aliphatic hydroxyl groups excluding tert-OH is 2. The molecule has 11 heteroatoms. The van der Waals surface area contributed by atoms with E-state index in [-0.39, 0.29) is 40.8 Å². The van der Waals surface area contributed by atoms with E-state index in [1.165, 1.54) is 25.1 Å². The zero-order valence-corrected chi connectivity index (χ0v) is 22.9. The van der Waals surface area contributed by atoms with Crippen LogP contribution in [0.1, 0.15) is 49.4 Å². The number of phenols is 1. The maximum atomic E-state index is 13.9. The van der Waals surface area contributed by atoms with Crippen molar-refractivity contribution in [1.29, 1.82) is 5.26 Å². The molecule has 0 heterocycles. The molecule has 6 N–H and O–H groups in total. The SMILES string of the molecule is CN(C)[C@@H]1C(=O)C(C(N)=O)=C(O)[C@@]2(O)C(=O)C3=C(O)c4c(O)cc(CN(C)C(C)(C)C)c(C#N)c4C[C@H]3C[C@@H]12. The molecule has 208 valence electrons. The lowest BCUT2D eigenvalue weighted by molar-refractivity contribution is -0.153. The molecular formula is C28H34N4O7. The number of likely N-dealkylation sites (N-methyl/N-ethyl adjacent to an activating group) is 1. The number of carbonyl (C=O) groups excluding carboxylic acids is 3. The second-order valence-corrected chi connectivity index (χ2v) is 11.9. The molecule has 0 spiro atoms. The van der Waals surface area contributed by atoms with Crippen molar-refractivity contribution in [2.24, 2.45) is 17.6 Å². The summed E-state index contributed by atoms with van der Waals surface area (Å²) in [6.07, 6.45) is 0.0293. The third kappa shape index (κ3) is 4.02. The quantitative estimate of drug-likeness (QED) is 0.347. The minimum atomic E-state index is -2.70. The number of amides is 1. The molecule has 1 saturated carbocycles. The second kappa shape index (κ2) is 9.19. The van der Waals surface area contributed by atoms with Crippen LogP contribution in [-0.2, 0) is 27.3 Å². The maximum Gasteiger partial charge on any atom is 0.255 e. The first-order valence-corrected chi connectivity index (χ1v) is 12.6. The molecule has 0 aromatic heterocycles. The highest BCUT2D eigenvalue weighted by Gasteiger charge is 2.64. The van der Waals surface area contributed by atoms with Crippen molar-refractivity contribution >= 4 is 23.2 Å². The Bertz CT molecular complexity index is 1410. The Balaban J connectivity index is 1.94. The van der Waals surface area contributed by atoms with E-state index in [9.17, 15) is 40.1 Å². The van der Waals surface area contributed by atoms with Crippen LogP contribution >= 0.6 is 0 Å². The van der Waals surface area contributed by atoms with Crippen LogP contribution in [0.2, 0.25) is 0 Å². The van der Waals surface area contributed by atoms with Gasteiger partial charge in [0.05, 0.1) is 23.2 Å². The van der Waals surface area contributed by atoms with Gasteiger partial charge in [-0.05, 0) is 77.9 Å². The molecule has 4 rings (SSSR count). The molecule has 1 aromatic rings. The topological polar surface area (TPSA) is 188 Å². The third-order valence-electron chi connectivity index (χ3n) is 8.47. The van der Waals surface area contributed by atoms with Gasteiger partial charge in [-0.1, -0.05) is 0 Å². The average molecular weight is 539 g/mol. The number of Topliss-reactive ketones (excluding diaryl/α,β-unsaturated/α-hetero) is 2. The molecule has 0 unspecified atom stereocenters. The molecular weight excluding hydrogens is 504 g/mol. The minimum absolute atomic E-state index is 0.0382. The number of hydrogen-bond donors (Lipinski definition) is 5. The molecule has 0 bridgehead atoms. The van der Waals surface area contributed by atoms with Crippen molar-refractivity contribution in [2.75, 3.05) is 21.1 Å². The molecule has 39 heavy (non-hydrogen) atoms. The fourth-order valence-electron chi connectivity index (χ4n) is 6.14. The number of primary amides is 1. The standard InChI is InChI=1S/C28H34N4O7/c1-27(2,3)32(6)11-13-9-17(33)19-14(15(13)10-29)7-12-8-16-21(31(4)5)23(35)20(26(30)38)25(37)28(16,39)24(36)18(12)22(19)34/h9,12,16,21,33-34,37,39H,7-8,11H2,1-6H3,(H2,30,38)/t12-,16-,21-,28-/m0/s1. The number of benzene rings is 1. The van der Waals surface area contributed by atoms with Crippen LogP contribution in [-0.4, -0.2) is 86.0 Å². The summed E-state index contributed by atoms with van der Waals surface area (Å²) in [7, 11) is 4.96. The van der Waals surface area contributed by atoms with Crippen LogP contribution in [0.3, 0.4) is 0 Å². The summed E-state index contributed by atoms with van der Waals surface area (Å²) < 4.78 is 0. The Labute approximate surface area is 226 Å². The van der Waals surface area contributed by atoms with Crippen LogP contribution in [0.4, 0.5) is 0 Å². The number of aliphatic hydroxyl groups is 3. The number of hydrogen-bond acceptors (Lipinski definition) is 10. The van der Waals surface area contributed by atoms with E-state index >= 15 is 0 Å². The molecule has 3 aliphatic carbocycles. The van der Waals surface area contributed by atoms with Gasteiger partial charge in [-0.15, -0.1) is 0 Å². The summed E-state index contributed by atoms with van der Waals surface area (Å²) in [5, 5.41) is 55.0. The van der Waals surface area contributed by atoms with Crippen LogP contribution in [0, 0.1) is 23.2 Å². The number of aromatic hydroxyl groups is 1. The van der Waals surface area contributed by atoms with Crippen LogP contribution in [0.5, 0.6) is 5.75 Å². The van der Waals surface area contributed by atoms with Gasteiger partial charge in [0, 0.05) is 23.6 Å². The summed E-state index contributed by atoms with van der Waals surface area (Å²) in [6.45, 7) is 6.36. The molecule has 4 atom stereocenters. The predicted octanol–water partition coefficient (Wildman–Crippen LogP) is 1.07. The summed E-state index contributed by atoms with van der Waals surface area (Å²) in [6, 6.07) is 2.40. The molecule has 1 amide bonds. The van der Waals surface area contributed by atoms with Crippen LogP contribution in [0.25, 0.3) is 5.76 Å². The Kier molecular flexibility index (Phi) is 6.67. The van der Waals surface area contributed by atoms with Gasteiger partial charge in [0.1, 0.15) is 22.8 Å². The van der Waals surface area contributed by atoms with Gasteiger partial charge in [0.2, 0.25) is 5.78 Å². The summed E-state index contributed by atoms with van der Waals surface area (Å²) in [5.74, 6) is -7.20. The second-order valence-electron chi connectivity index (χ2n) is 11.9. The Morgan fingerprint density at radius 1 is 1.21 bits per heavy atom. The molecule has 11 nitrogen and oxygen atoms in total. The Morgan fingerprint density at radius 3 is 2.33 bits per heavy atom. The van der Waals surface area contributed by atoms with Gasteiger partial charge < -0.3 is 26.2 Å². The zero-order chi connectivity index (χ0) is 29.4. The summed E-state index contributed by atoms with van der Waals surface area (Å²) in [5.41, 5.74) is 2.37. The summed E-state index contributed by atoms with van der Waals surface area (Å²) >= 11 is 0. The number of phenolic OH excluding ortho intramolecular Hbond substituents is 1. The number of nitriles is 1. The molecule has 0 saturated heterocycles. The lowest BCUT2D eigenvalue weighted by atomic mass is 9.57. The lowest BCUT2D eigenvalue weighted by Crippen LogP contribution is -2.65. The Morgan fingerprint density at radius 2 is 1.82 bits per heavy atom. The van der Waals surface area contributed by atoms with Crippen molar-refractivity contribution in [3.8, 4) is 11.8 Å². The van der Waals surface area contributed by atoms with E-state index in [1.54, 1.807) is 0 Å². The number of rotatable bonds is 4. The first-order chi connectivity index (χ1) is 18.0. The molecule has 0 radical (unpaired) electrons. The average Bonchev–Trinajstić information content (AvgIpc) is 2.80. The smallest absolute Gasteiger partial charge is 0.255 e. The van der Waals surface area contributed by atoms with E-state index in [4.69, 9.17) is 5.73 Å². The normalized spacial score (nSPS) is 26.9. The third-order valence-corrected chi connectivity index (χ3v) is 8.47. The lowest BCUT2D eigenvalue weighted by Gasteiger charge is -2.50. The zero-order valence-electron chi connectivity index (χ0n) is 22.9. The summed E-state index contributed by atoms with van der Waals surface area (Å²) in [4.78, 5) is 42.6. The highest BCUT2D eigenvalue weighted by atomic mass is 16.3. The number of nitrogens with two attached hydrogens (primary N) is 1. The van der Waals surface area contributed by atoms with Crippen molar-refractivity contribution in [3.63, 3.8) is 0 Å². The fraction of sp³-hybridized carbons (Fsp3) is 0.500. The van der Waals surface area contributed by atoms with Crippen LogP contribution < -0.4 is 5.73 Å². The van der Waals surface area contributed by atoms with Crippen molar-refractivity contribution in [1.82, 2.24) is 9.80 Å². The van der Waals surface area contributed by atoms with E-state index in [2.05, 4.69) is 6.07 Å². The largest absolute Gasteiger partial charge is 0.508 e. The highest BCUT2D eigenvalue weighted by molar-refractivity contribution is 6.24. The number of ketones is 2. The molecule has 1 fully saturated rings. The van der Waals surface area contributed by atoms with Crippen molar-refractivity contribution < 1.29 is 34.8 Å². The molecule has 0 aliphatic heterocycles. The van der Waals surface area contributed by atoms with E-state index in [0.29, 0.717) is 17.7 Å². The fourth-order valence-corrected chi connectivity index (χ4v) is 6.14. The number of fused-ring (bicyclic) bond motifs is 3. The maximum absolute atomic E-state index is 13.9. The van der Waals surface area contributed by atoms with Gasteiger partial charge in [0.15, 0.2) is 11.4 Å². The predicted molar refractivity (Wildman–Crippen MR) is 140 cm³/mol. The number of carbonyl (C=O) groups is 3. The van der Waals surface area contributed by atoms with Crippen molar-refractivity contribution in [2.45, 2.75) is 57.3 Å².